The molecule has 1 N–H and O–H groups in total. The van der Waals surface area contributed by atoms with Crippen molar-refractivity contribution < 1.29 is 34.1 Å². The molecule has 6 rings (SSSR count). The van der Waals surface area contributed by atoms with Crippen LogP contribution >= 0.6 is 0 Å². The average Bonchev–Trinajstić information content (AvgIpc) is 3.48. The molecule has 5 aromatic rings. The Morgan fingerprint density at radius 3 is 1.41 bits per heavy atom. The van der Waals surface area contributed by atoms with Gasteiger partial charge in [0.15, 0.2) is 0 Å². The number of hydrogen-bond acceptors (Lipinski definition) is 5. The fourth-order valence-electron chi connectivity index (χ4n) is 2.29. The van der Waals surface area contributed by atoms with Crippen LogP contribution in [0.15, 0.2) is 72.8 Å². The van der Waals surface area contributed by atoms with Gasteiger partial charge in [0.2, 0.25) is 0 Å². The largest absolute Gasteiger partial charge is 2.00 e. The molecule has 0 spiro atoms. The summed E-state index contributed by atoms with van der Waals surface area (Å²) in [4.78, 5) is 0. The molecule has 1 aliphatic rings. The quantitative estimate of drug-likeness (QED) is 0.336. The Kier molecular flexibility index (Phi) is 8.60. The number of hydrogen-bond donors (Lipinski definition) is 1. The first-order valence-electron chi connectivity index (χ1n) is 8.07. The van der Waals surface area contributed by atoms with Gasteiger partial charge in [0.05, 0.1) is 0 Å². The Labute approximate surface area is 187 Å². The van der Waals surface area contributed by atoms with Gasteiger partial charge in [-0.15, -0.1) is 11.4 Å². The van der Waals surface area contributed by atoms with Gasteiger partial charge in [-0.05, 0) is 22.1 Å². The smallest absolute Gasteiger partial charge is 0.639 e. The molecule has 3 heterocycles. The van der Waals surface area contributed by atoms with Gasteiger partial charge in [-0.1, -0.05) is 72.8 Å². The van der Waals surface area contributed by atoms with E-state index in [0.29, 0.717) is 0 Å². The number of nitrogens with one attached hydrogen (secondary N) is 1. The summed E-state index contributed by atoms with van der Waals surface area (Å²) in [5, 5.41) is 22.0. The molecule has 9 nitrogen and oxygen atoms in total. The molecular formula is C18H13Cu2N9. The summed E-state index contributed by atoms with van der Waals surface area (Å²) in [7, 11) is 0. The van der Waals surface area contributed by atoms with Crippen LogP contribution in [-0.2, 0) is 34.1 Å². The number of nitrogens with zero attached hydrogens (tertiary/aromatic N) is 8. The number of rotatable bonds is 0. The van der Waals surface area contributed by atoms with Crippen LogP contribution in [0.2, 0.25) is 0 Å². The Morgan fingerprint density at radius 1 is 0.552 bits per heavy atom. The van der Waals surface area contributed by atoms with E-state index in [4.69, 9.17) is 0 Å². The van der Waals surface area contributed by atoms with Crippen molar-refractivity contribution in [3.05, 3.63) is 83.6 Å². The summed E-state index contributed by atoms with van der Waals surface area (Å²) < 4.78 is 0. The van der Waals surface area contributed by atoms with Gasteiger partial charge in [0, 0.05) is 0 Å². The van der Waals surface area contributed by atoms with E-state index in [1.165, 1.54) is 0 Å². The third-order valence-electron chi connectivity index (χ3n) is 3.60. The first-order chi connectivity index (χ1) is 13.4. The Balaban J connectivity index is 0.000000150. The maximum atomic E-state index is 3.88. The van der Waals surface area contributed by atoms with Gasteiger partial charge in [-0.2, -0.15) is 0 Å². The van der Waals surface area contributed by atoms with Crippen molar-refractivity contribution in [3.63, 3.8) is 0 Å². The zero-order valence-corrected chi connectivity index (χ0v) is 16.5. The number of para-hydroxylation sites is 2. The molecular weight excluding hydrogens is 469 g/mol. The van der Waals surface area contributed by atoms with Crippen LogP contribution in [0.4, 0.5) is 11.4 Å². The van der Waals surface area contributed by atoms with E-state index >= 15 is 0 Å². The second kappa shape index (κ2) is 11.2. The predicted octanol–water partition coefficient (Wildman–Crippen LogP) is 3.30. The molecule has 0 amide bonds. The molecule has 0 fully saturated rings. The molecule has 0 saturated heterocycles. The van der Waals surface area contributed by atoms with Gasteiger partial charge < -0.3 is 36.8 Å². The van der Waals surface area contributed by atoms with Gasteiger partial charge in [-0.3, -0.25) is 10.4 Å². The second-order valence-corrected chi connectivity index (χ2v) is 5.37. The second-order valence-electron chi connectivity index (χ2n) is 5.37. The number of benzene rings is 3. The molecule has 152 valence electrons. The number of aromatic nitrogens is 6. The maximum Gasteiger partial charge on any atom is 2.00 e. The van der Waals surface area contributed by atoms with Gasteiger partial charge in [-0.25, -0.2) is 0 Å². The number of fused-ring (bicyclic) bond motifs is 3. The fourth-order valence-corrected chi connectivity index (χ4v) is 2.29. The zero-order valence-electron chi connectivity index (χ0n) is 14.6. The summed E-state index contributed by atoms with van der Waals surface area (Å²) >= 11 is 0. The third kappa shape index (κ3) is 5.77. The summed E-state index contributed by atoms with van der Waals surface area (Å²) in [6.07, 6.45) is 0. The van der Waals surface area contributed by atoms with Crippen molar-refractivity contribution in [2.75, 3.05) is 0 Å². The molecule has 3 aromatic carbocycles. The van der Waals surface area contributed by atoms with Crippen molar-refractivity contribution in [2.24, 2.45) is 0 Å². The molecule has 0 bridgehead atoms. The Morgan fingerprint density at radius 2 is 0.966 bits per heavy atom. The van der Waals surface area contributed by atoms with Gasteiger partial charge in [0.1, 0.15) is 0 Å². The van der Waals surface area contributed by atoms with Crippen molar-refractivity contribution >= 4 is 33.4 Å². The van der Waals surface area contributed by atoms with Crippen LogP contribution in [0.5, 0.6) is 0 Å². The molecule has 0 unspecified atom stereocenters. The molecule has 2 aromatic heterocycles. The molecule has 1 aliphatic heterocycles. The molecule has 29 heavy (non-hydrogen) atoms. The Hall–Kier alpha value is -2.94. The standard InChI is InChI=1S/C6H5N3.2C6H4N3.2Cu/c3*1-2-4-6-5(3-1)7-9-8-6;;/h1-4,9H;2*1-4H;;/q-2;2*-1;2*+2. The minimum atomic E-state index is 0. The van der Waals surface area contributed by atoms with Crippen LogP contribution in [0, 0.1) is 0 Å². The Bertz CT molecular complexity index is 993. The minimum Gasteiger partial charge on any atom is -0.639 e. The SMILES string of the molecule is [Cu+2].[Cu+2].c1ccc2[n-]nnc2c1.c1ccc2[n-]nnc2c1.c1ccc2c(c1)[N-]N[N-]2. The molecule has 0 aliphatic carbocycles. The molecule has 11 heteroatoms. The van der Waals surface area contributed by atoms with Crippen molar-refractivity contribution in [3.8, 4) is 0 Å². The molecule has 0 atom stereocenters. The van der Waals surface area contributed by atoms with Crippen LogP contribution in [0.1, 0.15) is 0 Å². The fraction of sp³-hybridized carbons (Fsp3) is 0. The van der Waals surface area contributed by atoms with Crippen LogP contribution in [-0.4, -0.2) is 20.6 Å². The zero-order chi connectivity index (χ0) is 18.3. The monoisotopic (exact) mass is 481 g/mol. The summed E-state index contributed by atoms with van der Waals surface area (Å²) in [5.41, 5.74) is 15.6. The molecule has 0 saturated carbocycles. The van der Waals surface area contributed by atoms with Crippen molar-refractivity contribution in [2.45, 2.75) is 0 Å². The van der Waals surface area contributed by atoms with Gasteiger partial charge >= 0.3 is 34.1 Å². The average molecular weight is 482 g/mol. The van der Waals surface area contributed by atoms with Crippen LogP contribution in [0.25, 0.3) is 32.9 Å². The van der Waals surface area contributed by atoms with E-state index in [0.717, 1.165) is 33.4 Å². The van der Waals surface area contributed by atoms with E-state index < -0.39 is 0 Å². The van der Waals surface area contributed by atoms with Crippen molar-refractivity contribution in [1.82, 2.24) is 36.4 Å². The van der Waals surface area contributed by atoms with Crippen LogP contribution < -0.4 is 15.7 Å². The molecule has 2 radical (unpaired) electrons. The van der Waals surface area contributed by atoms with Crippen LogP contribution in [0.3, 0.4) is 0 Å². The van der Waals surface area contributed by atoms with E-state index in [2.05, 4.69) is 47.2 Å². The first-order valence-corrected chi connectivity index (χ1v) is 8.07. The first kappa shape index (κ1) is 22.3. The predicted molar refractivity (Wildman–Crippen MR) is 101 cm³/mol. The van der Waals surface area contributed by atoms with E-state index in [-0.39, 0.29) is 34.1 Å². The summed E-state index contributed by atoms with van der Waals surface area (Å²) in [5.74, 6) is 0. The maximum absolute atomic E-state index is 3.88. The van der Waals surface area contributed by atoms with Crippen molar-refractivity contribution in [1.29, 1.82) is 0 Å². The van der Waals surface area contributed by atoms with E-state index in [1.54, 1.807) is 0 Å². The van der Waals surface area contributed by atoms with Gasteiger partial charge in [0.25, 0.3) is 0 Å². The minimum absolute atomic E-state index is 0. The third-order valence-corrected chi connectivity index (χ3v) is 3.60. The van der Waals surface area contributed by atoms with E-state index in [1.807, 2.05) is 72.8 Å². The summed E-state index contributed by atoms with van der Waals surface area (Å²) in [6.45, 7) is 0. The van der Waals surface area contributed by atoms with E-state index in [9.17, 15) is 0 Å². The normalized spacial score (nSPS) is 10.6. The topological polar surface area (TPSA) is 120 Å². The summed E-state index contributed by atoms with van der Waals surface area (Å²) in [6, 6.07) is 22.9.